The van der Waals surface area contributed by atoms with Crippen LogP contribution in [0, 0.1) is 0 Å². The number of nitrogens with zero attached hydrogens (tertiary/aromatic N) is 5. The molecule has 11 rings (SSSR count). The smallest absolute Gasteiger partial charge is 0.238 e. The van der Waals surface area contributed by atoms with Gasteiger partial charge < -0.3 is 4.57 Å². The second-order valence-electron chi connectivity index (χ2n) is 12.8. The van der Waals surface area contributed by atoms with E-state index >= 15 is 0 Å². The minimum atomic E-state index is 0.586. The third-order valence-corrected chi connectivity index (χ3v) is 11.1. The topological polar surface area (TPSA) is 48.5 Å². The quantitative estimate of drug-likeness (QED) is 0.187. The zero-order valence-corrected chi connectivity index (χ0v) is 28.0. The average molecular weight is 670 g/mol. The Morgan fingerprint density at radius 3 is 1.86 bits per heavy atom. The zero-order chi connectivity index (χ0) is 33.5. The lowest BCUT2D eigenvalue weighted by molar-refractivity contribution is 0.954. The summed E-state index contributed by atoms with van der Waals surface area (Å²) in [5.41, 5.74) is 7.49. The van der Waals surface area contributed by atoms with Crippen LogP contribution in [-0.4, -0.2) is 24.1 Å². The summed E-state index contributed by atoms with van der Waals surface area (Å²) in [6.07, 6.45) is 0. The fourth-order valence-electron chi connectivity index (χ4n) is 7.83. The fraction of sp³-hybridized carbons (Fsp3) is 0. The van der Waals surface area contributed by atoms with Gasteiger partial charge in [-0.05, 0) is 42.5 Å². The molecular formula is C45H27N5S. The number of thiophene rings is 1. The number of rotatable bonds is 4. The Bertz CT molecular complexity index is 3140. The Labute approximate surface area is 296 Å². The fourth-order valence-corrected chi connectivity index (χ4v) is 8.96. The monoisotopic (exact) mass is 669 g/mol. The van der Waals surface area contributed by atoms with Crippen LogP contribution in [0.15, 0.2) is 164 Å². The lowest BCUT2D eigenvalue weighted by atomic mass is 10.1. The Balaban J connectivity index is 1.27. The number of hydrogen-bond acceptors (Lipinski definition) is 4. The minimum absolute atomic E-state index is 0.586. The van der Waals surface area contributed by atoms with E-state index in [2.05, 4.69) is 155 Å². The van der Waals surface area contributed by atoms with Crippen molar-refractivity contribution in [3.05, 3.63) is 164 Å². The van der Waals surface area contributed by atoms with Gasteiger partial charge in [-0.2, -0.15) is 9.97 Å². The first-order valence-electron chi connectivity index (χ1n) is 17.0. The van der Waals surface area contributed by atoms with E-state index in [1.54, 1.807) is 11.3 Å². The molecule has 5 nitrogen and oxygen atoms in total. The van der Waals surface area contributed by atoms with Crippen molar-refractivity contribution >= 4 is 75.1 Å². The molecule has 51 heavy (non-hydrogen) atoms. The lowest BCUT2D eigenvalue weighted by Gasteiger charge is -2.12. The average Bonchev–Trinajstić information content (AvgIpc) is 3.86. The molecule has 0 aliphatic carbocycles. The Morgan fingerprint density at radius 2 is 1.04 bits per heavy atom. The highest BCUT2D eigenvalue weighted by atomic mass is 32.1. The lowest BCUT2D eigenvalue weighted by Crippen LogP contribution is -2.06. The van der Waals surface area contributed by atoms with Crippen molar-refractivity contribution in [1.82, 2.24) is 24.1 Å². The van der Waals surface area contributed by atoms with Crippen molar-refractivity contribution in [1.29, 1.82) is 0 Å². The van der Waals surface area contributed by atoms with Crippen LogP contribution in [0.3, 0.4) is 0 Å². The summed E-state index contributed by atoms with van der Waals surface area (Å²) in [5, 5.41) is 7.13. The van der Waals surface area contributed by atoms with Crippen molar-refractivity contribution in [2.75, 3.05) is 0 Å². The molecule has 11 aromatic rings. The highest BCUT2D eigenvalue weighted by Crippen LogP contribution is 2.43. The van der Waals surface area contributed by atoms with Gasteiger partial charge in [0.1, 0.15) is 0 Å². The first-order chi connectivity index (χ1) is 25.3. The van der Waals surface area contributed by atoms with Crippen molar-refractivity contribution in [2.24, 2.45) is 0 Å². The van der Waals surface area contributed by atoms with Gasteiger partial charge in [-0.1, -0.05) is 121 Å². The number of hydrogen-bond donors (Lipinski definition) is 0. The molecule has 0 aliphatic heterocycles. The molecule has 0 radical (unpaired) electrons. The van der Waals surface area contributed by atoms with Crippen molar-refractivity contribution in [2.45, 2.75) is 0 Å². The standard InChI is InChI=1S/C45H27N5S/c1-3-14-28(15-4-1)43-46-44(34-21-13-25-39-40(34)33-20-9-12-24-38(33)51-39)48-45(47-43)50-36-23-11-8-19-32(36)41-37(50)27-26-31-30-18-7-10-22-35(30)49(42(31)41)29-16-5-2-6-17-29/h1-27H. The molecule has 0 saturated carbocycles. The predicted octanol–water partition coefficient (Wildman–Crippen LogP) is 11.8. The summed E-state index contributed by atoms with van der Waals surface area (Å²) in [5.74, 6) is 1.87. The van der Waals surface area contributed by atoms with Gasteiger partial charge in [-0.15, -0.1) is 11.3 Å². The van der Waals surface area contributed by atoms with Gasteiger partial charge in [0.05, 0.1) is 22.1 Å². The summed E-state index contributed by atoms with van der Waals surface area (Å²) in [7, 11) is 0. The predicted molar refractivity (Wildman–Crippen MR) is 212 cm³/mol. The summed E-state index contributed by atoms with van der Waals surface area (Å²) in [6, 6.07) is 57.7. The summed E-state index contributed by atoms with van der Waals surface area (Å²) in [4.78, 5) is 15.8. The third kappa shape index (κ3) is 4.17. The zero-order valence-electron chi connectivity index (χ0n) is 27.2. The number of benzene rings is 7. The van der Waals surface area contributed by atoms with Crippen LogP contribution in [0.2, 0.25) is 0 Å². The maximum absolute atomic E-state index is 5.35. The SMILES string of the molecule is c1ccc(-c2nc(-c3cccc4sc5ccccc5c34)nc(-n3c4ccccc4c4c3ccc3c5ccccc5n(-c5ccccc5)c34)n2)cc1. The highest BCUT2D eigenvalue weighted by molar-refractivity contribution is 7.25. The molecule has 4 aromatic heterocycles. The van der Waals surface area contributed by atoms with Gasteiger partial charge in [0.25, 0.3) is 0 Å². The van der Waals surface area contributed by atoms with Crippen LogP contribution < -0.4 is 0 Å². The molecule has 0 N–H and O–H groups in total. The van der Waals surface area contributed by atoms with Crippen LogP contribution in [0.1, 0.15) is 0 Å². The first-order valence-corrected chi connectivity index (χ1v) is 17.9. The molecule has 238 valence electrons. The van der Waals surface area contributed by atoms with E-state index in [4.69, 9.17) is 15.0 Å². The first kappa shape index (κ1) is 28.2. The van der Waals surface area contributed by atoms with Gasteiger partial charge in [-0.3, -0.25) is 4.57 Å². The van der Waals surface area contributed by atoms with E-state index in [1.807, 2.05) is 18.2 Å². The second-order valence-corrected chi connectivity index (χ2v) is 13.9. The van der Waals surface area contributed by atoms with Crippen LogP contribution >= 0.6 is 11.3 Å². The number of aromatic nitrogens is 5. The number of para-hydroxylation sites is 3. The molecule has 0 amide bonds. The summed E-state index contributed by atoms with van der Waals surface area (Å²) < 4.78 is 7.09. The molecule has 0 saturated heterocycles. The third-order valence-electron chi connectivity index (χ3n) is 9.98. The molecule has 4 heterocycles. The van der Waals surface area contributed by atoms with E-state index in [9.17, 15) is 0 Å². The van der Waals surface area contributed by atoms with Crippen LogP contribution in [0.5, 0.6) is 0 Å². The summed E-state index contributed by atoms with van der Waals surface area (Å²) >= 11 is 1.80. The molecule has 0 spiro atoms. The molecular weight excluding hydrogens is 643 g/mol. The van der Waals surface area contributed by atoms with Gasteiger partial charge in [0, 0.05) is 58.5 Å². The largest absolute Gasteiger partial charge is 0.309 e. The van der Waals surface area contributed by atoms with E-state index in [-0.39, 0.29) is 0 Å². The van der Waals surface area contributed by atoms with Gasteiger partial charge in [-0.25, -0.2) is 4.98 Å². The molecule has 0 aliphatic rings. The molecule has 7 aromatic carbocycles. The van der Waals surface area contributed by atoms with Crippen LogP contribution in [0.25, 0.3) is 98.2 Å². The molecule has 0 atom stereocenters. The van der Waals surface area contributed by atoms with E-state index < -0.39 is 0 Å². The second kappa shape index (κ2) is 10.9. The Hall–Kier alpha value is -6.63. The van der Waals surface area contributed by atoms with Crippen LogP contribution in [0.4, 0.5) is 0 Å². The molecule has 0 fully saturated rings. The Kier molecular flexibility index (Phi) is 6.05. The van der Waals surface area contributed by atoms with Gasteiger partial charge in [0.2, 0.25) is 5.95 Å². The Morgan fingerprint density at radius 1 is 0.392 bits per heavy atom. The van der Waals surface area contributed by atoms with Gasteiger partial charge >= 0.3 is 0 Å². The summed E-state index contributed by atoms with van der Waals surface area (Å²) in [6.45, 7) is 0. The highest BCUT2D eigenvalue weighted by Gasteiger charge is 2.23. The van der Waals surface area contributed by atoms with E-state index in [1.165, 1.54) is 42.0 Å². The van der Waals surface area contributed by atoms with E-state index in [0.717, 1.165) is 38.6 Å². The van der Waals surface area contributed by atoms with Crippen LogP contribution in [-0.2, 0) is 0 Å². The molecule has 0 unspecified atom stereocenters. The van der Waals surface area contributed by atoms with Crippen molar-refractivity contribution in [3.8, 4) is 34.4 Å². The number of fused-ring (bicyclic) bond motifs is 10. The van der Waals surface area contributed by atoms with Crippen molar-refractivity contribution in [3.63, 3.8) is 0 Å². The normalized spacial score (nSPS) is 11.9. The van der Waals surface area contributed by atoms with Crippen molar-refractivity contribution < 1.29 is 0 Å². The molecule has 6 heteroatoms. The maximum Gasteiger partial charge on any atom is 0.238 e. The molecule has 0 bridgehead atoms. The minimum Gasteiger partial charge on any atom is -0.309 e. The van der Waals surface area contributed by atoms with Gasteiger partial charge in [0.15, 0.2) is 11.6 Å². The maximum atomic E-state index is 5.35. The van der Waals surface area contributed by atoms with E-state index in [0.29, 0.717) is 17.6 Å².